The third-order valence-electron chi connectivity index (χ3n) is 1.59. The summed E-state index contributed by atoms with van der Waals surface area (Å²) in [6, 6.07) is 6.91. The van der Waals surface area contributed by atoms with Crippen LogP contribution < -0.4 is 5.73 Å². The Bertz CT molecular complexity index is 331. The average molecular weight is 177 g/mol. The summed E-state index contributed by atoms with van der Waals surface area (Å²) in [6.45, 7) is -0.0131. The lowest BCUT2D eigenvalue weighted by molar-refractivity contribution is 0.100. The molecule has 0 aromatic heterocycles. The van der Waals surface area contributed by atoms with Gasteiger partial charge in [0.1, 0.15) is 0 Å². The van der Waals surface area contributed by atoms with Gasteiger partial charge in [0.15, 0.2) is 0 Å². The van der Waals surface area contributed by atoms with E-state index in [0.29, 0.717) is 5.56 Å². The fourth-order valence-electron chi connectivity index (χ4n) is 0.984. The van der Waals surface area contributed by atoms with Gasteiger partial charge in [-0.3, -0.25) is 4.79 Å². The Kier molecular flexibility index (Phi) is 3.23. The van der Waals surface area contributed by atoms with Gasteiger partial charge in [-0.15, -0.1) is 0 Å². The number of nitrogens with two attached hydrogens (primary N) is 1. The summed E-state index contributed by atoms with van der Waals surface area (Å²) < 4.78 is 0. The summed E-state index contributed by atoms with van der Waals surface area (Å²) in [5.74, 6) is -0.445. The van der Waals surface area contributed by atoms with E-state index in [2.05, 4.69) is 0 Å². The van der Waals surface area contributed by atoms with E-state index in [0.717, 1.165) is 5.56 Å². The zero-order valence-electron chi connectivity index (χ0n) is 7.10. The smallest absolute Gasteiger partial charge is 0.248 e. The summed E-state index contributed by atoms with van der Waals surface area (Å²) in [6.07, 6.45) is 3.33. The van der Waals surface area contributed by atoms with Crippen LogP contribution in [0.5, 0.6) is 0 Å². The van der Waals surface area contributed by atoms with E-state index in [1.807, 2.05) is 6.07 Å². The van der Waals surface area contributed by atoms with E-state index in [1.54, 1.807) is 30.4 Å². The molecule has 0 unspecified atom stereocenters. The maximum atomic E-state index is 10.8. The van der Waals surface area contributed by atoms with Crippen molar-refractivity contribution in [2.45, 2.75) is 0 Å². The number of hydrogen-bond donors (Lipinski definition) is 2. The van der Waals surface area contributed by atoms with Gasteiger partial charge in [-0.05, 0) is 17.7 Å². The Morgan fingerprint density at radius 1 is 1.54 bits per heavy atom. The molecule has 0 aliphatic heterocycles. The zero-order chi connectivity index (χ0) is 9.68. The number of aliphatic hydroxyl groups is 1. The van der Waals surface area contributed by atoms with Gasteiger partial charge >= 0.3 is 0 Å². The number of hydrogen-bond acceptors (Lipinski definition) is 2. The minimum atomic E-state index is -0.445. The molecule has 0 atom stereocenters. The predicted molar refractivity (Wildman–Crippen MR) is 51.1 cm³/mol. The van der Waals surface area contributed by atoms with E-state index < -0.39 is 5.91 Å². The summed E-state index contributed by atoms with van der Waals surface area (Å²) in [5.41, 5.74) is 6.42. The van der Waals surface area contributed by atoms with Crippen LogP contribution in [-0.2, 0) is 0 Å². The number of rotatable bonds is 3. The second-order valence-corrected chi connectivity index (χ2v) is 2.57. The van der Waals surface area contributed by atoms with Crippen LogP contribution in [0.15, 0.2) is 30.3 Å². The minimum absolute atomic E-state index is 0.0131. The van der Waals surface area contributed by atoms with Crippen molar-refractivity contribution < 1.29 is 9.90 Å². The fourth-order valence-corrected chi connectivity index (χ4v) is 0.984. The molecule has 1 amide bonds. The largest absolute Gasteiger partial charge is 0.392 e. The molecule has 3 heteroatoms. The Morgan fingerprint density at radius 3 is 2.92 bits per heavy atom. The van der Waals surface area contributed by atoms with E-state index in [4.69, 9.17) is 10.8 Å². The number of carbonyl (C=O) groups excluding carboxylic acids is 1. The van der Waals surface area contributed by atoms with Crippen LogP contribution in [0.2, 0.25) is 0 Å². The molecule has 68 valence electrons. The fraction of sp³-hybridized carbons (Fsp3) is 0.100. The van der Waals surface area contributed by atoms with Gasteiger partial charge in [0.05, 0.1) is 6.61 Å². The van der Waals surface area contributed by atoms with Crippen molar-refractivity contribution in [2.75, 3.05) is 6.61 Å². The van der Waals surface area contributed by atoms with Gasteiger partial charge in [0.25, 0.3) is 0 Å². The molecule has 0 spiro atoms. The van der Waals surface area contributed by atoms with Crippen molar-refractivity contribution in [3.8, 4) is 0 Å². The van der Waals surface area contributed by atoms with E-state index in [-0.39, 0.29) is 6.61 Å². The second-order valence-electron chi connectivity index (χ2n) is 2.57. The molecule has 3 N–H and O–H groups in total. The summed E-state index contributed by atoms with van der Waals surface area (Å²) in [7, 11) is 0. The summed E-state index contributed by atoms with van der Waals surface area (Å²) in [4.78, 5) is 10.8. The van der Waals surface area contributed by atoms with Crippen LogP contribution in [0.25, 0.3) is 6.08 Å². The Hall–Kier alpha value is -1.61. The highest BCUT2D eigenvalue weighted by molar-refractivity contribution is 5.93. The van der Waals surface area contributed by atoms with Crippen molar-refractivity contribution in [3.05, 3.63) is 41.5 Å². The van der Waals surface area contributed by atoms with E-state index in [9.17, 15) is 4.79 Å². The first-order valence-corrected chi connectivity index (χ1v) is 3.91. The third kappa shape index (κ3) is 2.72. The molecule has 0 saturated carbocycles. The first-order chi connectivity index (χ1) is 6.24. The predicted octanol–water partition coefficient (Wildman–Crippen LogP) is 0.791. The maximum absolute atomic E-state index is 10.8. The van der Waals surface area contributed by atoms with E-state index >= 15 is 0 Å². The van der Waals surface area contributed by atoms with E-state index in [1.165, 1.54) is 0 Å². The molecular weight excluding hydrogens is 166 g/mol. The number of amides is 1. The normalized spacial score (nSPS) is 10.5. The zero-order valence-corrected chi connectivity index (χ0v) is 7.10. The van der Waals surface area contributed by atoms with Crippen molar-refractivity contribution >= 4 is 12.0 Å². The first-order valence-electron chi connectivity index (χ1n) is 3.91. The number of benzene rings is 1. The van der Waals surface area contributed by atoms with Gasteiger partial charge in [0, 0.05) is 5.56 Å². The maximum Gasteiger partial charge on any atom is 0.248 e. The standard InChI is InChI=1S/C10H11NO2/c11-10(13)9-5-1-3-8(7-9)4-2-6-12/h1-5,7,12H,6H2,(H2,11,13). The van der Waals surface area contributed by atoms with Crippen LogP contribution in [-0.4, -0.2) is 17.6 Å². The molecule has 0 heterocycles. The molecule has 0 fully saturated rings. The van der Waals surface area contributed by atoms with Crippen molar-refractivity contribution in [1.82, 2.24) is 0 Å². The quantitative estimate of drug-likeness (QED) is 0.717. The molecule has 13 heavy (non-hydrogen) atoms. The van der Waals surface area contributed by atoms with Crippen LogP contribution in [0, 0.1) is 0 Å². The minimum Gasteiger partial charge on any atom is -0.392 e. The highest BCUT2D eigenvalue weighted by Gasteiger charge is 1.98. The van der Waals surface area contributed by atoms with Gasteiger partial charge < -0.3 is 10.8 Å². The number of carbonyl (C=O) groups is 1. The Labute approximate surface area is 76.5 Å². The monoisotopic (exact) mass is 177 g/mol. The molecule has 1 aromatic carbocycles. The molecule has 1 rings (SSSR count). The lowest BCUT2D eigenvalue weighted by Gasteiger charge is -1.96. The second kappa shape index (κ2) is 4.42. The molecule has 0 saturated heterocycles. The molecule has 0 radical (unpaired) electrons. The van der Waals surface area contributed by atoms with Crippen LogP contribution in [0.4, 0.5) is 0 Å². The topological polar surface area (TPSA) is 63.3 Å². The van der Waals surface area contributed by atoms with Gasteiger partial charge in [-0.25, -0.2) is 0 Å². The number of primary amides is 1. The third-order valence-corrected chi connectivity index (χ3v) is 1.59. The lowest BCUT2D eigenvalue weighted by atomic mass is 10.1. The van der Waals surface area contributed by atoms with Crippen molar-refractivity contribution in [3.63, 3.8) is 0 Å². The van der Waals surface area contributed by atoms with Crippen LogP contribution in [0.1, 0.15) is 15.9 Å². The average Bonchev–Trinajstić information content (AvgIpc) is 2.15. The lowest BCUT2D eigenvalue weighted by Crippen LogP contribution is -2.10. The highest BCUT2D eigenvalue weighted by atomic mass is 16.2. The molecule has 1 aromatic rings. The SMILES string of the molecule is NC(=O)c1cccc(C=CCO)c1. The Morgan fingerprint density at radius 2 is 2.31 bits per heavy atom. The summed E-state index contributed by atoms with van der Waals surface area (Å²) in [5, 5.41) is 8.53. The summed E-state index contributed by atoms with van der Waals surface area (Å²) >= 11 is 0. The van der Waals surface area contributed by atoms with Gasteiger partial charge in [-0.1, -0.05) is 24.3 Å². The molecule has 3 nitrogen and oxygen atoms in total. The number of aliphatic hydroxyl groups excluding tert-OH is 1. The van der Waals surface area contributed by atoms with Crippen molar-refractivity contribution in [2.24, 2.45) is 5.73 Å². The van der Waals surface area contributed by atoms with Crippen LogP contribution in [0.3, 0.4) is 0 Å². The van der Waals surface area contributed by atoms with Crippen LogP contribution >= 0.6 is 0 Å². The van der Waals surface area contributed by atoms with Gasteiger partial charge in [-0.2, -0.15) is 0 Å². The van der Waals surface area contributed by atoms with Crippen molar-refractivity contribution in [1.29, 1.82) is 0 Å². The van der Waals surface area contributed by atoms with Gasteiger partial charge in [0.2, 0.25) is 5.91 Å². The molecule has 0 aliphatic rings. The molecule has 0 bridgehead atoms. The Balaban J connectivity index is 2.92. The molecular formula is C10H11NO2. The highest BCUT2D eigenvalue weighted by Crippen LogP contribution is 2.06. The molecule has 0 aliphatic carbocycles. The first kappa shape index (κ1) is 9.48.